The second-order valence-corrected chi connectivity index (χ2v) is 5.18. The molecule has 0 amide bonds. The van der Waals surface area contributed by atoms with Crippen molar-refractivity contribution in [3.8, 4) is 17.2 Å². The fraction of sp³-hybridized carbons (Fsp3) is 0.278. The van der Waals surface area contributed by atoms with E-state index in [4.69, 9.17) is 14.3 Å². The molecule has 4 nitrogen and oxygen atoms in total. The fourth-order valence-electron chi connectivity index (χ4n) is 1.64. The zero-order valence-corrected chi connectivity index (χ0v) is 12.9. The van der Waals surface area contributed by atoms with Gasteiger partial charge in [-0.2, -0.15) is 0 Å². The minimum atomic E-state index is 0.372. The molecule has 0 spiro atoms. The van der Waals surface area contributed by atoms with Crippen molar-refractivity contribution in [2.45, 2.75) is 13.8 Å². The molecular formula is C18H21NO3. The molecule has 0 fully saturated rings. The van der Waals surface area contributed by atoms with E-state index in [2.05, 4.69) is 19.0 Å². The number of oxime groups is 1. The van der Waals surface area contributed by atoms with Crippen LogP contribution in [0.15, 0.2) is 59.8 Å². The molecule has 4 heteroatoms. The van der Waals surface area contributed by atoms with Crippen LogP contribution in [-0.4, -0.2) is 19.4 Å². The third-order valence-electron chi connectivity index (χ3n) is 2.68. The summed E-state index contributed by atoms with van der Waals surface area (Å²) in [6.07, 6.45) is 1.61. The highest BCUT2D eigenvalue weighted by atomic mass is 16.6. The molecule has 0 aromatic heterocycles. The Morgan fingerprint density at radius 2 is 1.55 bits per heavy atom. The molecule has 22 heavy (non-hydrogen) atoms. The molecular weight excluding hydrogens is 278 g/mol. The molecule has 0 bridgehead atoms. The van der Waals surface area contributed by atoms with Crippen LogP contribution in [0.4, 0.5) is 0 Å². The van der Waals surface area contributed by atoms with Gasteiger partial charge in [0, 0.05) is 0 Å². The Kier molecular flexibility index (Phi) is 6.30. The first-order valence-corrected chi connectivity index (χ1v) is 7.33. The second kappa shape index (κ2) is 8.72. The molecule has 0 aliphatic rings. The van der Waals surface area contributed by atoms with Crippen LogP contribution in [0.25, 0.3) is 0 Å². The summed E-state index contributed by atoms with van der Waals surface area (Å²) >= 11 is 0. The average Bonchev–Trinajstić information content (AvgIpc) is 2.53. The summed E-state index contributed by atoms with van der Waals surface area (Å²) in [6, 6.07) is 17.1. The Morgan fingerprint density at radius 3 is 2.23 bits per heavy atom. The minimum Gasteiger partial charge on any atom is -0.488 e. The zero-order chi connectivity index (χ0) is 15.6. The average molecular weight is 299 g/mol. The van der Waals surface area contributed by atoms with Crippen LogP contribution >= 0.6 is 0 Å². The molecule has 2 rings (SSSR count). The molecule has 0 saturated heterocycles. The maximum atomic E-state index is 5.71. The Balaban J connectivity index is 1.75. The van der Waals surface area contributed by atoms with Gasteiger partial charge in [-0.3, -0.25) is 0 Å². The van der Waals surface area contributed by atoms with E-state index < -0.39 is 0 Å². The van der Waals surface area contributed by atoms with E-state index in [1.807, 2.05) is 54.6 Å². The van der Waals surface area contributed by atoms with Crippen LogP contribution in [0.3, 0.4) is 0 Å². The largest absolute Gasteiger partial charge is 0.488 e. The summed E-state index contributed by atoms with van der Waals surface area (Å²) in [6.45, 7) is 5.13. The summed E-state index contributed by atoms with van der Waals surface area (Å²) in [4.78, 5) is 5.09. The van der Waals surface area contributed by atoms with Gasteiger partial charge in [0.25, 0.3) is 0 Å². The lowest BCUT2D eigenvalue weighted by molar-refractivity contribution is 0.118. The molecule has 116 valence electrons. The van der Waals surface area contributed by atoms with Gasteiger partial charge in [0.1, 0.15) is 30.5 Å². The Labute approximate surface area is 131 Å². The summed E-state index contributed by atoms with van der Waals surface area (Å²) in [5.41, 5.74) is 0. The lowest BCUT2D eigenvalue weighted by atomic mass is 10.2. The van der Waals surface area contributed by atoms with E-state index in [1.165, 1.54) is 0 Å². The van der Waals surface area contributed by atoms with Crippen LogP contribution < -0.4 is 9.47 Å². The monoisotopic (exact) mass is 299 g/mol. The maximum Gasteiger partial charge on any atom is 0.127 e. The summed E-state index contributed by atoms with van der Waals surface area (Å²) in [5.74, 6) is 2.81. The van der Waals surface area contributed by atoms with Gasteiger partial charge in [-0.25, -0.2) is 0 Å². The molecule has 0 aliphatic heterocycles. The van der Waals surface area contributed by atoms with Crippen molar-refractivity contribution in [1.29, 1.82) is 0 Å². The summed E-state index contributed by atoms with van der Waals surface area (Å²) in [5, 5.41) is 3.83. The second-order valence-electron chi connectivity index (χ2n) is 5.18. The number of hydrogen-bond acceptors (Lipinski definition) is 4. The predicted molar refractivity (Wildman–Crippen MR) is 87.7 cm³/mol. The van der Waals surface area contributed by atoms with E-state index >= 15 is 0 Å². The Hall–Kier alpha value is -2.49. The number of benzene rings is 2. The van der Waals surface area contributed by atoms with Gasteiger partial charge in [0.05, 0.1) is 6.21 Å². The lowest BCUT2D eigenvalue weighted by Gasteiger charge is -2.07. The van der Waals surface area contributed by atoms with Crippen molar-refractivity contribution in [2.75, 3.05) is 13.2 Å². The molecule has 0 aliphatic carbocycles. The zero-order valence-electron chi connectivity index (χ0n) is 12.9. The van der Waals surface area contributed by atoms with Crippen molar-refractivity contribution < 1.29 is 14.3 Å². The molecule has 2 aromatic carbocycles. The SMILES string of the molecule is CC(C)CO/N=C/COc1ccc(Oc2ccccc2)cc1. The molecule has 0 saturated carbocycles. The van der Waals surface area contributed by atoms with Crippen LogP contribution in [0, 0.1) is 5.92 Å². The first-order chi connectivity index (χ1) is 10.7. The number of nitrogens with zero attached hydrogens (tertiary/aromatic N) is 1. The highest BCUT2D eigenvalue weighted by Crippen LogP contribution is 2.23. The van der Waals surface area contributed by atoms with Gasteiger partial charge >= 0.3 is 0 Å². The number of rotatable bonds is 8. The predicted octanol–water partition coefficient (Wildman–Crippen LogP) is 4.52. The quantitative estimate of drug-likeness (QED) is 0.531. The van der Waals surface area contributed by atoms with Crippen LogP contribution in [-0.2, 0) is 4.84 Å². The van der Waals surface area contributed by atoms with Crippen LogP contribution in [0.1, 0.15) is 13.8 Å². The summed E-state index contributed by atoms with van der Waals surface area (Å²) < 4.78 is 11.2. The number of hydrogen-bond donors (Lipinski definition) is 0. The molecule has 0 heterocycles. The minimum absolute atomic E-state index is 0.372. The van der Waals surface area contributed by atoms with E-state index in [-0.39, 0.29) is 0 Å². The Morgan fingerprint density at radius 1 is 0.909 bits per heavy atom. The number of para-hydroxylation sites is 1. The molecule has 0 radical (unpaired) electrons. The van der Waals surface area contributed by atoms with Crippen LogP contribution in [0.2, 0.25) is 0 Å². The highest BCUT2D eigenvalue weighted by molar-refractivity contribution is 5.58. The van der Waals surface area contributed by atoms with Crippen LogP contribution in [0.5, 0.6) is 17.2 Å². The van der Waals surface area contributed by atoms with E-state index in [9.17, 15) is 0 Å². The maximum absolute atomic E-state index is 5.71. The normalized spacial score (nSPS) is 10.9. The van der Waals surface area contributed by atoms with Gasteiger partial charge in [0.15, 0.2) is 0 Å². The third kappa shape index (κ3) is 5.87. The smallest absolute Gasteiger partial charge is 0.127 e. The van der Waals surface area contributed by atoms with E-state index in [0.29, 0.717) is 19.1 Å². The molecule has 0 N–H and O–H groups in total. The molecule has 0 unspecified atom stereocenters. The van der Waals surface area contributed by atoms with Crippen molar-refractivity contribution in [2.24, 2.45) is 11.1 Å². The van der Waals surface area contributed by atoms with Gasteiger partial charge in [-0.1, -0.05) is 37.2 Å². The lowest BCUT2D eigenvalue weighted by Crippen LogP contribution is -2.01. The Bertz CT molecular complexity index is 565. The molecule has 0 atom stereocenters. The van der Waals surface area contributed by atoms with Gasteiger partial charge in [0.2, 0.25) is 0 Å². The number of ether oxygens (including phenoxy) is 2. The summed E-state index contributed by atoms with van der Waals surface area (Å²) in [7, 11) is 0. The molecule has 2 aromatic rings. The van der Waals surface area contributed by atoms with Gasteiger partial charge in [-0.05, 0) is 42.3 Å². The van der Waals surface area contributed by atoms with E-state index in [1.54, 1.807) is 6.21 Å². The van der Waals surface area contributed by atoms with Crippen molar-refractivity contribution in [1.82, 2.24) is 0 Å². The van der Waals surface area contributed by atoms with Gasteiger partial charge in [-0.15, -0.1) is 0 Å². The topological polar surface area (TPSA) is 40.0 Å². The highest BCUT2D eigenvalue weighted by Gasteiger charge is 1.98. The standard InChI is InChI=1S/C18H21NO3/c1-15(2)14-21-19-12-13-20-16-8-10-18(11-9-16)22-17-6-4-3-5-7-17/h3-12,15H,13-14H2,1-2H3/b19-12+. The first-order valence-electron chi connectivity index (χ1n) is 7.33. The van der Waals surface area contributed by atoms with E-state index in [0.717, 1.165) is 17.2 Å². The fourth-order valence-corrected chi connectivity index (χ4v) is 1.64. The third-order valence-corrected chi connectivity index (χ3v) is 2.68. The van der Waals surface area contributed by atoms with Gasteiger partial charge < -0.3 is 14.3 Å². The van der Waals surface area contributed by atoms with Crippen molar-refractivity contribution in [3.63, 3.8) is 0 Å². The van der Waals surface area contributed by atoms with Crippen molar-refractivity contribution >= 4 is 6.21 Å². The first kappa shape index (κ1) is 15.9. The van der Waals surface area contributed by atoms with Crippen molar-refractivity contribution in [3.05, 3.63) is 54.6 Å².